The number of aryl methyl sites for hydroxylation is 1. The van der Waals surface area contributed by atoms with Crippen molar-refractivity contribution in [1.82, 2.24) is 15.5 Å². The molecular formula is C14H24N4. The Balaban J connectivity index is 1.87. The maximum Gasteiger partial charge on any atom is 0.153 e. The maximum absolute atomic E-state index is 4.60. The summed E-state index contributed by atoms with van der Waals surface area (Å²) in [6.07, 6.45) is 4.80. The molecule has 1 aromatic heterocycles. The molecule has 1 aliphatic heterocycles. The number of aromatic nitrogens is 2. The number of nitrogens with zero attached hydrogens (tertiary/aromatic N) is 2. The molecule has 1 saturated heterocycles. The summed E-state index contributed by atoms with van der Waals surface area (Å²) < 4.78 is 0. The van der Waals surface area contributed by atoms with Gasteiger partial charge in [-0.2, -0.15) is 5.10 Å². The van der Waals surface area contributed by atoms with E-state index in [-0.39, 0.29) is 0 Å². The van der Waals surface area contributed by atoms with Crippen LogP contribution in [0.15, 0.2) is 0 Å². The van der Waals surface area contributed by atoms with Gasteiger partial charge in [0.2, 0.25) is 0 Å². The van der Waals surface area contributed by atoms with E-state index < -0.39 is 0 Å². The van der Waals surface area contributed by atoms with Gasteiger partial charge in [0, 0.05) is 30.9 Å². The summed E-state index contributed by atoms with van der Waals surface area (Å²) in [4.78, 5) is 2.46. The number of hydrogen-bond donors (Lipinski definition) is 2. The molecule has 1 fully saturated rings. The monoisotopic (exact) mass is 248 g/mol. The Labute approximate surface area is 109 Å². The van der Waals surface area contributed by atoms with E-state index >= 15 is 0 Å². The van der Waals surface area contributed by atoms with Gasteiger partial charge in [-0.05, 0) is 37.6 Å². The Morgan fingerprint density at radius 3 is 3.00 bits per heavy atom. The SMILES string of the molecule is CC1(C)CCc2[nH]nc(N3CCCNCC3)c2C1. The second-order valence-corrected chi connectivity index (χ2v) is 6.44. The topological polar surface area (TPSA) is 44.0 Å². The average Bonchev–Trinajstić information content (AvgIpc) is 2.57. The van der Waals surface area contributed by atoms with Gasteiger partial charge in [0.15, 0.2) is 5.82 Å². The standard InChI is InChI=1S/C14H24N4/c1-14(2)5-4-12-11(10-14)13(17-16-12)18-8-3-6-15-7-9-18/h15H,3-10H2,1-2H3,(H,16,17). The predicted octanol–water partition coefficient (Wildman–Crippen LogP) is 1.72. The molecule has 0 unspecified atom stereocenters. The largest absolute Gasteiger partial charge is 0.354 e. The van der Waals surface area contributed by atoms with E-state index in [4.69, 9.17) is 0 Å². The number of H-pyrrole nitrogens is 1. The summed E-state index contributed by atoms with van der Waals surface area (Å²) in [5.41, 5.74) is 3.28. The molecule has 0 spiro atoms. The number of aromatic amines is 1. The van der Waals surface area contributed by atoms with Crippen LogP contribution in [0.1, 0.15) is 37.9 Å². The molecule has 1 aliphatic carbocycles. The molecule has 2 heterocycles. The third-order valence-electron chi connectivity index (χ3n) is 4.28. The Morgan fingerprint density at radius 1 is 1.22 bits per heavy atom. The third kappa shape index (κ3) is 2.26. The first kappa shape index (κ1) is 12.0. The fourth-order valence-corrected chi connectivity index (χ4v) is 3.13. The first-order valence-corrected chi connectivity index (χ1v) is 7.17. The highest BCUT2D eigenvalue weighted by molar-refractivity contribution is 5.51. The normalized spacial score (nSPS) is 23.6. The lowest BCUT2D eigenvalue weighted by atomic mass is 9.76. The van der Waals surface area contributed by atoms with E-state index in [2.05, 4.69) is 34.3 Å². The minimum absolute atomic E-state index is 0.426. The van der Waals surface area contributed by atoms with Crippen molar-refractivity contribution in [2.75, 3.05) is 31.1 Å². The van der Waals surface area contributed by atoms with Gasteiger partial charge in [-0.3, -0.25) is 5.10 Å². The van der Waals surface area contributed by atoms with E-state index in [1.54, 1.807) is 0 Å². The second-order valence-electron chi connectivity index (χ2n) is 6.44. The zero-order chi connectivity index (χ0) is 12.6. The molecule has 0 aromatic carbocycles. The van der Waals surface area contributed by atoms with Gasteiger partial charge in [-0.25, -0.2) is 0 Å². The zero-order valence-corrected chi connectivity index (χ0v) is 11.6. The lowest BCUT2D eigenvalue weighted by molar-refractivity contribution is 0.314. The van der Waals surface area contributed by atoms with Gasteiger partial charge in [-0.15, -0.1) is 0 Å². The van der Waals surface area contributed by atoms with Crippen molar-refractivity contribution in [3.8, 4) is 0 Å². The van der Waals surface area contributed by atoms with Crippen LogP contribution in [-0.4, -0.2) is 36.4 Å². The predicted molar refractivity (Wildman–Crippen MR) is 74.1 cm³/mol. The van der Waals surface area contributed by atoms with E-state index in [9.17, 15) is 0 Å². The van der Waals surface area contributed by atoms with Crippen LogP contribution in [-0.2, 0) is 12.8 Å². The fraction of sp³-hybridized carbons (Fsp3) is 0.786. The van der Waals surface area contributed by atoms with Crippen LogP contribution in [0.4, 0.5) is 5.82 Å². The molecule has 4 nitrogen and oxygen atoms in total. The van der Waals surface area contributed by atoms with Crippen LogP contribution in [0, 0.1) is 5.41 Å². The van der Waals surface area contributed by atoms with Gasteiger partial charge < -0.3 is 10.2 Å². The summed E-state index contributed by atoms with van der Waals surface area (Å²) in [5.74, 6) is 1.22. The van der Waals surface area contributed by atoms with Gasteiger partial charge in [0.25, 0.3) is 0 Å². The number of anilines is 1. The minimum Gasteiger partial charge on any atom is -0.354 e. The molecule has 0 amide bonds. The summed E-state index contributed by atoms with van der Waals surface area (Å²) in [5, 5.41) is 11.3. The average molecular weight is 248 g/mol. The molecule has 2 N–H and O–H groups in total. The molecule has 0 bridgehead atoms. The quantitative estimate of drug-likeness (QED) is 0.795. The number of fused-ring (bicyclic) bond motifs is 1. The van der Waals surface area contributed by atoms with Crippen LogP contribution in [0.25, 0.3) is 0 Å². The Morgan fingerprint density at radius 2 is 2.11 bits per heavy atom. The van der Waals surface area contributed by atoms with Crippen molar-refractivity contribution in [2.24, 2.45) is 5.41 Å². The highest BCUT2D eigenvalue weighted by Gasteiger charge is 2.30. The van der Waals surface area contributed by atoms with Crippen LogP contribution in [0.5, 0.6) is 0 Å². The molecule has 0 atom stereocenters. The van der Waals surface area contributed by atoms with Crippen molar-refractivity contribution in [2.45, 2.75) is 39.5 Å². The molecule has 100 valence electrons. The molecule has 4 heteroatoms. The lowest BCUT2D eigenvalue weighted by Crippen LogP contribution is -2.30. The van der Waals surface area contributed by atoms with Crippen molar-refractivity contribution in [1.29, 1.82) is 0 Å². The Hall–Kier alpha value is -1.03. The van der Waals surface area contributed by atoms with Gasteiger partial charge in [0.1, 0.15) is 0 Å². The van der Waals surface area contributed by atoms with E-state index in [0.717, 1.165) is 39.0 Å². The first-order valence-electron chi connectivity index (χ1n) is 7.17. The fourth-order valence-electron chi connectivity index (χ4n) is 3.13. The molecule has 2 aliphatic rings. The minimum atomic E-state index is 0.426. The van der Waals surface area contributed by atoms with E-state index in [1.807, 2.05) is 0 Å². The Bertz CT molecular complexity index is 413. The number of hydrogen-bond acceptors (Lipinski definition) is 3. The lowest BCUT2D eigenvalue weighted by Gasteiger charge is -2.31. The number of rotatable bonds is 1. The summed E-state index contributed by atoms with van der Waals surface area (Å²) in [7, 11) is 0. The molecular weight excluding hydrogens is 224 g/mol. The number of nitrogens with one attached hydrogen (secondary N) is 2. The van der Waals surface area contributed by atoms with Crippen molar-refractivity contribution in [3.05, 3.63) is 11.3 Å². The van der Waals surface area contributed by atoms with E-state index in [0.29, 0.717) is 5.41 Å². The maximum atomic E-state index is 4.60. The smallest absolute Gasteiger partial charge is 0.153 e. The summed E-state index contributed by atoms with van der Waals surface area (Å²) in [6.45, 7) is 9.16. The molecule has 18 heavy (non-hydrogen) atoms. The molecule has 1 aromatic rings. The highest BCUT2D eigenvalue weighted by Crippen LogP contribution is 2.37. The van der Waals surface area contributed by atoms with Crippen LogP contribution >= 0.6 is 0 Å². The van der Waals surface area contributed by atoms with Crippen molar-refractivity contribution >= 4 is 5.82 Å². The van der Waals surface area contributed by atoms with Gasteiger partial charge >= 0.3 is 0 Å². The Kier molecular flexibility index (Phi) is 3.06. The van der Waals surface area contributed by atoms with Crippen LogP contribution in [0.2, 0.25) is 0 Å². The molecule has 0 radical (unpaired) electrons. The van der Waals surface area contributed by atoms with E-state index in [1.165, 1.54) is 29.9 Å². The second kappa shape index (κ2) is 4.57. The molecule has 0 saturated carbocycles. The van der Waals surface area contributed by atoms with Crippen molar-refractivity contribution < 1.29 is 0 Å². The van der Waals surface area contributed by atoms with Crippen LogP contribution < -0.4 is 10.2 Å². The van der Waals surface area contributed by atoms with Crippen molar-refractivity contribution in [3.63, 3.8) is 0 Å². The summed E-state index contributed by atoms with van der Waals surface area (Å²) >= 11 is 0. The third-order valence-corrected chi connectivity index (χ3v) is 4.28. The van der Waals surface area contributed by atoms with Crippen LogP contribution in [0.3, 0.4) is 0 Å². The highest BCUT2D eigenvalue weighted by atomic mass is 15.3. The molecule has 3 rings (SSSR count). The van der Waals surface area contributed by atoms with Gasteiger partial charge in [0.05, 0.1) is 0 Å². The van der Waals surface area contributed by atoms with Gasteiger partial charge in [-0.1, -0.05) is 13.8 Å². The first-order chi connectivity index (χ1) is 8.66. The zero-order valence-electron chi connectivity index (χ0n) is 11.6. The summed E-state index contributed by atoms with van der Waals surface area (Å²) in [6, 6.07) is 0.